The van der Waals surface area contributed by atoms with Crippen LogP contribution in [0, 0.1) is 0 Å². The topological polar surface area (TPSA) is 19.0 Å². The standard InChI is InChI=1S/C9H9IN2/c1-12(10)8-3-2-7-4-5-11-9(7)6-8/h2-6,11H,1H3. The van der Waals surface area contributed by atoms with E-state index >= 15 is 0 Å². The smallest absolute Gasteiger partial charge is 0.0588 e. The van der Waals surface area contributed by atoms with Crippen molar-refractivity contribution in [1.29, 1.82) is 0 Å². The lowest BCUT2D eigenvalue weighted by Crippen LogP contribution is -1.98. The lowest BCUT2D eigenvalue weighted by Gasteiger charge is -2.08. The van der Waals surface area contributed by atoms with Crippen molar-refractivity contribution in [3.05, 3.63) is 30.5 Å². The normalized spacial score (nSPS) is 10.5. The van der Waals surface area contributed by atoms with Crippen LogP contribution >= 0.6 is 22.9 Å². The van der Waals surface area contributed by atoms with Gasteiger partial charge in [0.2, 0.25) is 0 Å². The van der Waals surface area contributed by atoms with E-state index in [0.29, 0.717) is 0 Å². The number of aromatic amines is 1. The van der Waals surface area contributed by atoms with E-state index in [9.17, 15) is 0 Å². The Hall–Kier alpha value is -0.710. The van der Waals surface area contributed by atoms with Crippen molar-refractivity contribution in [3.63, 3.8) is 0 Å². The zero-order valence-corrected chi connectivity index (χ0v) is 8.87. The molecule has 0 spiro atoms. The lowest BCUT2D eigenvalue weighted by molar-refractivity contribution is 1.41. The van der Waals surface area contributed by atoms with Crippen LogP contribution in [0.2, 0.25) is 0 Å². The molecule has 1 aromatic heterocycles. The molecule has 0 radical (unpaired) electrons. The van der Waals surface area contributed by atoms with Crippen LogP contribution in [0.3, 0.4) is 0 Å². The fraction of sp³-hybridized carbons (Fsp3) is 0.111. The third-order valence-corrected chi connectivity index (χ3v) is 2.45. The number of nitrogens with one attached hydrogen (secondary N) is 1. The zero-order chi connectivity index (χ0) is 8.55. The van der Waals surface area contributed by atoms with Crippen LogP contribution in [0.5, 0.6) is 0 Å². The van der Waals surface area contributed by atoms with Crippen molar-refractivity contribution in [3.8, 4) is 0 Å². The molecule has 62 valence electrons. The largest absolute Gasteiger partial charge is 0.361 e. The summed E-state index contributed by atoms with van der Waals surface area (Å²) in [6, 6.07) is 8.45. The number of H-pyrrole nitrogens is 1. The summed E-state index contributed by atoms with van der Waals surface area (Å²) in [6.45, 7) is 0. The molecule has 0 atom stereocenters. The Balaban J connectivity index is 2.60. The van der Waals surface area contributed by atoms with E-state index in [-0.39, 0.29) is 0 Å². The summed E-state index contributed by atoms with van der Waals surface area (Å²) in [5, 5.41) is 1.26. The van der Waals surface area contributed by atoms with E-state index in [2.05, 4.69) is 55.2 Å². The highest BCUT2D eigenvalue weighted by atomic mass is 127. The molecule has 1 heterocycles. The first-order valence-corrected chi connectivity index (χ1v) is 4.70. The number of hydrogen-bond acceptors (Lipinski definition) is 1. The molecule has 3 heteroatoms. The summed E-state index contributed by atoms with van der Waals surface area (Å²) in [5.74, 6) is 0. The molecule has 0 amide bonds. The van der Waals surface area contributed by atoms with Crippen LogP contribution in [-0.4, -0.2) is 12.0 Å². The summed E-state index contributed by atoms with van der Waals surface area (Å²) < 4.78 is 2.07. The minimum Gasteiger partial charge on any atom is -0.361 e. The van der Waals surface area contributed by atoms with E-state index in [4.69, 9.17) is 0 Å². The second kappa shape index (κ2) is 2.97. The van der Waals surface area contributed by atoms with E-state index in [0.717, 1.165) is 0 Å². The van der Waals surface area contributed by atoms with Gasteiger partial charge in [-0.1, -0.05) is 6.07 Å². The first-order valence-electron chi connectivity index (χ1n) is 3.74. The zero-order valence-electron chi connectivity index (χ0n) is 6.71. The molecule has 12 heavy (non-hydrogen) atoms. The molecular formula is C9H9IN2. The average molecular weight is 272 g/mol. The molecule has 0 saturated carbocycles. The number of benzene rings is 1. The number of aromatic nitrogens is 1. The van der Waals surface area contributed by atoms with Gasteiger partial charge in [-0.2, -0.15) is 0 Å². The minimum absolute atomic E-state index is 1.19. The number of nitrogens with zero attached hydrogens (tertiary/aromatic N) is 1. The third kappa shape index (κ3) is 1.29. The fourth-order valence-corrected chi connectivity index (χ4v) is 1.53. The predicted molar refractivity (Wildman–Crippen MR) is 60.7 cm³/mol. The molecule has 0 aliphatic carbocycles. The number of rotatable bonds is 1. The van der Waals surface area contributed by atoms with Crippen LogP contribution < -0.4 is 3.11 Å². The van der Waals surface area contributed by atoms with Gasteiger partial charge in [-0.05, 0) is 23.6 Å². The maximum atomic E-state index is 3.18. The Morgan fingerprint density at radius 2 is 2.17 bits per heavy atom. The second-order valence-corrected chi connectivity index (χ2v) is 4.17. The summed E-state index contributed by atoms with van der Waals surface area (Å²) in [6.07, 6.45) is 1.96. The van der Waals surface area contributed by atoms with Crippen LogP contribution in [0.25, 0.3) is 10.9 Å². The van der Waals surface area contributed by atoms with Crippen LogP contribution in [-0.2, 0) is 0 Å². The summed E-state index contributed by atoms with van der Waals surface area (Å²) >= 11 is 2.26. The molecule has 2 nitrogen and oxygen atoms in total. The maximum Gasteiger partial charge on any atom is 0.0588 e. The molecule has 1 aromatic carbocycles. The molecule has 1 N–H and O–H groups in total. The third-order valence-electron chi connectivity index (χ3n) is 1.89. The molecule has 0 aliphatic rings. The molecule has 2 aromatic rings. The van der Waals surface area contributed by atoms with Gasteiger partial charge >= 0.3 is 0 Å². The van der Waals surface area contributed by atoms with E-state index in [1.54, 1.807) is 0 Å². The van der Waals surface area contributed by atoms with E-state index < -0.39 is 0 Å². The van der Waals surface area contributed by atoms with Crippen molar-refractivity contribution >= 4 is 39.5 Å². The molecular weight excluding hydrogens is 263 g/mol. The average Bonchev–Trinajstić information content (AvgIpc) is 2.49. The fourth-order valence-electron chi connectivity index (χ4n) is 1.23. The predicted octanol–water partition coefficient (Wildman–Crippen LogP) is 2.95. The quantitative estimate of drug-likeness (QED) is 0.624. The lowest BCUT2D eigenvalue weighted by atomic mass is 10.2. The Kier molecular flexibility index (Phi) is 1.96. The minimum atomic E-state index is 1.19. The summed E-state index contributed by atoms with van der Waals surface area (Å²) in [7, 11) is 2.03. The molecule has 0 unspecified atom stereocenters. The summed E-state index contributed by atoms with van der Waals surface area (Å²) in [5.41, 5.74) is 2.40. The first-order chi connectivity index (χ1) is 5.77. The molecule has 0 fully saturated rings. The van der Waals surface area contributed by atoms with Crippen molar-refractivity contribution in [2.24, 2.45) is 0 Å². The van der Waals surface area contributed by atoms with E-state index in [1.807, 2.05) is 13.2 Å². The number of halogens is 1. The number of anilines is 1. The monoisotopic (exact) mass is 272 g/mol. The Labute approximate surface area is 85.1 Å². The van der Waals surface area contributed by atoms with E-state index in [1.165, 1.54) is 16.6 Å². The first kappa shape index (κ1) is 7.91. The number of fused-ring (bicyclic) bond motifs is 1. The number of hydrogen-bond donors (Lipinski definition) is 1. The SMILES string of the molecule is CN(I)c1ccc2cc[nH]c2c1. The molecule has 0 bridgehead atoms. The van der Waals surface area contributed by atoms with Gasteiger partial charge in [0.05, 0.1) is 22.9 Å². The summed E-state index contributed by atoms with van der Waals surface area (Å²) in [4.78, 5) is 3.18. The van der Waals surface area contributed by atoms with Gasteiger partial charge in [-0.3, -0.25) is 0 Å². The maximum absolute atomic E-state index is 3.18. The molecule has 0 saturated heterocycles. The highest BCUT2D eigenvalue weighted by molar-refractivity contribution is 14.1. The van der Waals surface area contributed by atoms with Crippen LogP contribution in [0.1, 0.15) is 0 Å². The van der Waals surface area contributed by atoms with Gasteiger partial charge in [-0.25, -0.2) is 0 Å². The van der Waals surface area contributed by atoms with Crippen molar-refractivity contribution in [1.82, 2.24) is 4.98 Å². The van der Waals surface area contributed by atoms with Gasteiger partial charge in [0, 0.05) is 24.4 Å². The molecule has 2 rings (SSSR count). The Morgan fingerprint density at radius 1 is 1.33 bits per heavy atom. The Morgan fingerprint density at radius 3 is 2.92 bits per heavy atom. The van der Waals surface area contributed by atoms with Crippen LogP contribution in [0.15, 0.2) is 30.5 Å². The van der Waals surface area contributed by atoms with Gasteiger partial charge in [0.25, 0.3) is 0 Å². The van der Waals surface area contributed by atoms with Crippen molar-refractivity contribution < 1.29 is 0 Å². The Bertz CT molecular complexity index is 392. The highest BCUT2D eigenvalue weighted by Crippen LogP contribution is 2.21. The second-order valence-electron chi connectivity index (χ2n) is 2.73. The van der Waals surface area contributed by atoms with Gasteiger partial charge in [0.15, 0.2) is 0 Å². The van der Waals surface area contributed by atoms with Crippen molar-refractivity contribution in [2.45, 2.75) is 0 Å². The highest BCUT2D eigenvalue weighted by Gasteiger charge is 1.98. The molecule has 0 aliphatic heterocycles. The van der Waals surface area contributed by atoms with Gasteiger partial charge < -0.3 is 8.10 Å². The van der Waals surface area contributed by atoms with Gasteiger partial charge in [-0.15, -0.1) is 0 Å². The van der Waals surface area contributed by atoms with Crippen LogP contribution in [0.4, 0.5) is 5.69 Å². The van der Waals surface area contributed by atoms with Crippen molar-refractivity contribution in [2.75, 3.05) is 10.2 Å². The van der Waals surface area contributed by atoms with Gasteiger partial charge in [0.1, 0.15) is 0 Å².